The van der Waals surface area contributed by atoms with Gasteiger partial charge in [0.25, 0.3) is 0 Å². The van der Waals surface area contributed by atoms with Crippen molar-refractivity contribution in [3.8, 4) is 5.75 Å². The Labute approximate surface area is 123 Å². The number of benzene rings is 1. The zero-order valence-electron chi connectivity index (χ0n) is 13.3. The van der Waals surface area contributed by atoms with E-state index in [1.807, 2.05) is 0 Å². The van der Waals surface area contributed by atoms with Crippen LogP contribution in [0.15, 0.2) is 18.2 Å². The molecule has 0 spiro atoms. The lowest BCUT2D eigenvalue weighted by Crippen LogP contribution is -2.50. The van der Waals surface area contributed by atoms with Crippen LogP contribution in [0.4, 0.5) is 0 Å². The molecular weight excluding hydrogens is 248 g/mol. The second kappa shape index (κ2) is 6.15. The summed E-state index contributed by atoms with van der Waals surface area (Å²) < 4.78 is 5.52. The van der Waals surface area contributed by atoms with Gasteiger partial charge in [-0.15, -0.1) is 0 Å². The molecule has 0 amide bonds. The Kier molecular flexibility index (Phi) is 4.71. The third kappa shape index (κ3) is 3.53. The second-order valence-corrected chi connectivity index (χ2v) is 6.57. The number of likely N-dealkylation sites (tertiary alicyclic amines) is 1. The number of ether oxygens (including phenoxy) is 1. The number of rotatable bonds is 4. The highest BCUT2D eigenvalue weighted by Gasteiger charge is 2.30. The van der Waals surface area contributed by atoms with Crippen molar-refractivity contribution in [2.24, 2.45) is 5.73 Å². The zero-order chi connectivity index (χ0) is 14.8. The molecule has 1 aromatic rings. The molecule has 1 aromatic carbocycles. The minimum Gasteiger partial charge on any atom is -0.496 e. The van der Waals surface area contributed by atoms with Crippen molar-refractivity contribution in [2.75, 3.05) is 27.2 Å². The van der Waals surface area contributed by atoms with Crippen LogP contribution in [0.5, 0.6) is 5.75 Å². The lowest BCUT2D eigenvalue weighted by Gasteiger charge is -2.38. The molecule has 0 atom stereocenters. The lowest BCUT2D eigenvalue weighted by atomic mass is 9.82. The van der Waals surface area contributed by atoms with Crippen molar-refractivity contribution in [3.05, 3.63) is 29.3 Å². The molecule has 0 aliphatic carbocycles. The molecule has 112 valence electrons. The van der Waals surface area contributed by atoms with E-state index in [1.165, 1.54) is 11.1 Å². The third-order valence-electron chi connectivity index (χ3n) is 4.50. The summed E-state index contributed by atoms with van der Waals surface area (Å²) >= 11 is 0. The number of hydrogen-bond acceptors (Lipinski definition) is 3. The standard InChI is InChI=1S/C17H28N2O/c1-13(2)14-5-6-16(20-4)15(11-14)12-17(18)7-9-19(3)10-8-17/h5-6,11,13H,7-10,12,18H2,1-4H3. The molecule has 2 rings (SSSR count). The highest BCUT2D eigenvalue weighted by atomic mass is 16.5. The average molecular weight is 276 g/mol. The summed E-state index contributed by atoms with van der Waals surface area (Å²) in [5, 5.41) is 0. The Morgan fingerprint density at radius 2 is 1.95 bits per heavy atom. The molecule has 0 radical (unpaired) electrons. The van der Waals surface area contributed by atoms with Crippen LogP contribution in [0, 0.1) is 0 Å². The lowest BCUT2D eigenvalue weighted by molar-refractivity contribution is 0.189. The first-order chi connectivity index (χ1) is 9.43. The van der Waals surface area contributed by atoms with Gasteiger partial charge in [-0.25, -0.2) is 0 Å². The van der Waals surface area contributed by atoms with E-state index in [-0.39, 0.29) is 5.54 Å². The first-order valence-electron chi connectivity index (χ1n) is 7.58. The number of nitrogens with zero attached hydrogens (tertiary/aromatic N) is 1. The molecule has 0 unspecified atom stereocenters. The van der Waals surface area contributed by atoms with Gasteiger partial charge < -0.3 is 15.4 Å². The number of methoxy groups -OCH3 is 1. The molecule has 1 fully saturated rings. The Bertz CT molecular complexity index is 448. The zero-order valence-corrected chi connectivity index (χ0v) is 13.3. The van der Waals surface area contributed by atoms with Gasteiger partial charge in [-0.3, -0.25) is 0 Å². The van der Waals surface area contributed by atoms with E-state index in [4.69, 9.17) is 10.5 Å². The smallest absolute Gasteiger partial charge is 0.122 e. The van der Waals surface area contributed by atoms with E-state index in [0.29, 0.717) is 5.92 Å². The molecule has 1 heterocycles. The largest absolute Gasteiger partial charge is 0.496 e. The summed E-state index contributed by atoms with van der Waals surface area (Å²) in [5.74, 6) is 1.50. The van der Waals surface area contributed by atoms with Crippen LogP contribution < -0.4 is 10.5 Å². The van der Waals surface area contributed by atoms with Crippen molar-refractivity contribution < 1.29 is 4.74 Å². The van der Waals surface area contributed by atoms with Crippen molar-refractivity contribution in [2.45, 2.75) is 44.6 Å². The van der Waals surface area contributed by atoms with Crippen LogP contribution in [0.2, 0.25) is 0 Å². The molecule has 1 aliphatic rings. The van der Waals surface area contributed by atoms with Gasteiger partial charge in [0.1, 0.15) is 5.75 Å². The van der Waals surface area contributed by atoms with Gasteiger partial charge in [-0.1, -0.05) is 26.0 Å². The van der Waals surface area contributed by atoms with Gasteiger partial charge >= 0.3 is 0 Å². The second-order valence-electron chi connectivity index (χ2n) is 6.57. The summed E-state index contributed by atoms with van der Waals surface area (Å²) in [5.41, 5.74) is 9.15. The van der Waals surface area contributed by atoms with Crippen molar-refractivity contribution >= 4 is 0 Å². The molecular formula is C17H28N2O. The van der Waals surface area contributed by atoms with Gasteiger partial charge in [0.05, 0.1) is 7.11 Å². The first kappa shape index (κ1) is 15.3. The van der Waals surface area contributed by atoms with Crippen LogP contribution in [0.1, 0.15) is 43.7 Å². The average Bonchev–Trinajstić information content (AvgIpc) is 2.42. The maximum atomic E-state index is 6.62. The Morgan fingerprint density at radius 3 is 2.50 bits per heavy atom. The van der Waals surface area contributed by atoms with Gasteiger partial charge in [-0.05, 0) is 62.5 Å². The summed E-state index contributed by atoms with van der Waals surface area (Å²) in [7, 11) is 3.91. The number of piperidine rings is 1. The molecule has 0 bridgehead atoms. The Morgan fingerprint density at radius 1 is 1.30 bits per heavy atom. The topological polar surface area (TPSA) is 38.5 Å². The predicted molar refractivity (Wildman–Crippen MR) is 84.4 cm³/mol. The van der Waals surface area contributed by atoms with Crippen LogP contribution in [-0.4, -0.2) is 37.7 Å². The highest BCUT2D eigenvalue weighted by molar-refractivity contribution is 5.39. The third-order valence-corrected chi connectivity index (χ3v) is 4.50. The van der Waals surface area contributed by atoms with E-state index >= 15 is 0 Å². The monoisotopic (exact) mass is 276 g/mol. The predicted octanol–water partition coefficient (Wildman–Crippen LogP) is 2.78. The van der Waals surface area contributed by atoms with Crippen LogP contribution in [0.25, 0.3) is 0 Å². The molecule has 3 nitrogen and oxygen atoms in total. The fourth-order valence-corrected chi connectivity index (χ4v) is 2.92. The fraction of sp³-hybridized carbons (Fsp3) is 0.647. The van der Waals surface area contributed by atoms with Gasteiger partial charge in [0, 0.05) is 5.54 Å². The normalized spacial score (nSPS) is 19.3. The molecule has 20 heavy (non-hydrogen) atoms. The molecule has 3 heteroatoms. The number of hydrogen-bond donors (Lipinski definition) is 1. The molecule has 0 saturated carbocycles. The molecule has 0 aromatic heterocycles. The van der Waals surface area contributed by atoms with Crippen molar-refractivity contribution in [3.63, 3.8) is 0 Å². The maximum absolute atomic E-state index is 6.62. The van der Waals surface area contributed by atoms with Gasteiger partial charge in [-0.2, -0.15) is 0 Å². The molecule has 1 saturated heterocycles. The first-order valence-corrected chi connectivity index (χ1v) is 7.58. The van der Waals surface area contributed by atoms with E-state index in [1.54, 1.807) is 7.11 Å². The highest BCUT2D eigenvalue weighted by Crippen LogP contribution is 2.30. The van der Waals surface area contributed by atoms with E-state index in [2.05, 4.69) is 44.0 Å². The van der Waals surface area contributed by atoms with E-state index < -0.39 is 0 Å². The Balaban J connectivity index is 2.20. The fourth-order valence-electron chi connectivity index (χ4n) is 2.92. The van der Waals surface area contributed by atoms with Gasteiger partial charge in [0.15, 0.2) is 0 Å². The molecule has 2 N–H and O–H groups in total. The quantitative estimate of drug-likeness (QED) is 0.919. The van der Waals surface area contributed by atoms with Crippen molar-refractivity contribution in [1.29, 1.82) is 0 Å². The Hall–Kier alpha value is -1.06. The minimum absolute atomic E-state index is 0.0879. The maximum Gasteiger partial charge on any atom is 0.122 e. The van der Waals surface area contributed by atoms with E-state index in [0.717, 1.165) is 38.1 Å². The SMILES string of the molecule is COc1ccc(C(C)C)cc1CC1(N)CCN(C)CC1. The summed E-state index contributed by atoms with van der Waals surface area (Å²) in [6.45, 7) is 6.62. The summed E-state index contributed by atoms with van der Waals surface area (Å²) in [4.78, 5) is 2.35. The van der Waals surface area contributed by atoms with Gasteiger partial charge in [0.2, 0.25) is 0 Å². The number of nitrogens with two attached hydrogens (primary N) is 1. The van der Waals surface area contributed by atoms with E-state index in [9.17, 15) is 0 Å². The van der Waals surface area contributed by atoms with Crippen LogP contribution >= 0.6 is 0 Å². The van der Waals surface area contributed by atoms with Crippen LogP contribution in [0.3, 0.4) is 0 Å². The van der Waals surface area contributed by atoms with Crippen molar-refractivity contribution in [1.82, 2.24) is 4.90 Å². The van der Waals surface area contributed by atoms with Crippen LogP contribution in [-0.2, 0) is 6.42 Å². The summed E-state index contributed by atoms with van der Waals surface area (Å²) in [6, 6.07) is 6.52. The molecule has 1 aliphatic heterocycles. The minimum atomic E-state index is -0.0879. The summed E-state index contributed by atoms with van der Waals surface area (Å²) in [6.07, 6.45) is 3.02.